The summed E-state index contributed by atoms with van der Waals surface area (Å²) in [6.45, 7) is 1.15. The summed E-state index contributed by atoms with van der Waals surface area (Å²) in [5, 5.41) is 3.76. The molecule has 130 valence electrons. The lowest BCUT2D eigenvalue weighted by Gasteiger charge is -2.32. The fraction of sp³-hybridized carbons (Fsp3) is 0.278. The monoisotopic (exact) mass is 377 g/mol. The van der Waals surface area contributed by atoms with Crippen LogP contribution < -0.4 is 5.32 Å². The van der Waals surface area contributed by atoms with Crippen molar-refractivity contribution in [3.05, 3.63) is 63.9 Å². The zero-order valence-corrected chi connectivity index (χ0v) is 14.9. The van der Waals surface area contributed by atoms with E-state index in [4.69, 9.17) is 23.2 Å². The molecule has 1 saturated heterocycles. The Morgan fingerprint density at radius 3 is 2.48 bits per heavy atom. The van der Waals surface area contributed by atoms with Gasteiger partial charge in [0.15, 0.2) is 0 Å². The van der Waals surface area contributed by atoms with Crippen LogP contribution in [0.5, 0.6) is 0 Å². The zero-order valence-electron chi connectivity index (χ0n) is 13.4. The summed E-state index contributed by atoms with van der Waals surface area (Å²) in [5.74, 6) is -0.261. The van der Waals surface area contributed by atoms with Crippen LogP contribution in [0.1, 0.15) is 33.7 Å². The van der Waals surface area contributed by atoms with Gasteiger partial charge in [0.2, 0.25) is 0 Å². The first-order valence-corrected chi connectivity index (χ1v) is 8.76. The van der Waals surface area contributed by atoms with Gasteiger partial charge in [-0.25, -0.2) is 0 Å². The minimum Gasteiger partial charge on any atom is -0.348 e. The van der Waals surface area contributed by atoms with Crippen LogP contribution in [-0.2, 0) is 0 Å². The molecule has 3 rings (SSSR count). The summed E-state index contributed by atoms with van der Waals surface area (Å²) < 4.78 is 0. The molecule has 5 nitrogen and oxygen atoms in total. The molecule has 1 aliphatic rings. The Morgan fingerprint density at radius 2 is 1.84 bits per heavy atom. The molecule has 0 radical (unpaired) electrons. The van der Waals surface area contributed by atoms with Crippen molar-refractivity contribution >= 4 is 35.0 Å². The Hall–Kier alpha value is -2.11. The molecule has 0 aliphatic carbocycles. The van der Waals surface area contributed by atoms with Crippen molar-refractivity contribution in [3.63, 3.8) is 0 Å². The highest BCUT2D eigenvalue weighted by molar-refractivity contribution is 6.42. The van der Waals surface area contributed by atoms with Crippen molar-refractivity contribution in [3.8, 4) is 0 Å². The number of carbonyl (C=O) groups excluding carboxylic acids is 2. The van der Waals surface area contributed by atoms with Crippen molar-refractivity contribution in [2.45, 2.75) is 18.9 Å². The first kappa shape index (κ1) is 17.7. The number of likely N-dealkylation sites (tertiary alicyclic amines) is 1. The van der Waals surface area contributed by atoms with Gasteiger partial charge >= 0.3 is 0 Å². The highest BCUT2D eigenvalue weighted by atomic mass is 35.5. The van der Waals surface area contributed by atoms with Crippen LogP contribution in [0.15, 0.2) is 42.6 Å². The van der Waals surface area contributed by atoms with Gasteiger partial charge in [-0.1, -0.05) is 29.3 Å². The van der Waals surface area contributed by atoms with Crippen molar-refractivity contribution in [1.29, 1.82) is 0 Å². The van der Waals surface area contributed by atoms with E-state index < -0.39 is 0 Å². The second-order valence-corrected chi connectivity index (χ2v) is 6.70. The molecule has 2 amide bonds. The number of hydrogen-bond donors (Lipinski definition) is 1. The van der Waals surface area contributed by atoms with Crippen LogP contribution in [0.3, 0.4) is 0 Å². The number of benzene rings is 1. The number of rotatable bonds is 3. The van der Waals surface area contributed by atoms with Crippen molar-refractivity contribution in [1.82, 2.24) is 15.2 Å². The third-order valence-corrected chi connectivity index (χ3v) is 4.92. The number of nitrogens with zero attached hydrogens (tertiary/aromatic N) is 2. The van der Waals surface area contributed by atoms with Crippen molar-refractivity contribution < 1.29 is 9.59 Å². The predicted octanol–water partition coefficient (Wildman–Crippen LogP) is 3.42. The lowest BCUT2D eigenvalue weighted by Crippen LogP contribution is -2.46. The van der Waals surface area contributed by atoms with Gasteiger partial charge in [0.1, 0.15) is 5.69 Å². The largest absolute Gasteiger partial charge is 0.348 e. The lowest BCUT2D eigenvalue weighted by atomic mass is 10.0. The minimum atomic E-state index is -0.185. The molecule has 0 spiro atoms. The molecule has 1 fully saturated rings. The van der Waals surface area contributed by atoms with E-state index in [-0.39, 0.29) is 17.9 Å². The molecule has 0 unspecified atom stereocenters. The summed E-state index contributed by atoms with van der Waals surface area (Å²) in [7, 11) is 0. The van der Waals surface area contributed by atoms with Gasteiger partial charge in [0, 0.05) is 30.9 Å². The van der Waals surface area contributed by atoms with E-state index in [0.29, 0.717) is 47.2 Å². The molecule has 25 heavy (non-hydrogen) atoms. The number of hydrogen-bond acceptors (Lipinski definition) is 3. The Labute approximate surface area is 155 Å². The Morgan fingerprint density at radius 1 is 1.08 bits per heavy atom. The fourth-order valence-corrected chi connectivity index (χ4v) is 3.09. The number of aromatic nitrogens is 1. The average molecular weight is 378 g/mol. The number of amides is 2. The third-order valence-electron chi connectivity index (χ3n) is 4.18. The summed E-state index contributed by atoms with van der Waals surface area (Å²) in [6.07, 6.45) is 2.99. The van der Waals surface area contributed by atoms with E-state index in [1.54, 1.807) is 47.5 Å². The van der Waals surface area contributed by atoms with E-state index in [2.05, 4.69) is 10.3 Å². The lowest BCUT2D eigenvalue weighted by molar-refractivity contribution is 0.0697. The second kappa shape index (κ2) is 7.85. The number of carbonyl (C=O) groups is 2. The summed E-state index contributed by atoms with van der Waals surface area (Å²) >= 11 is 11.9. The van der Waals surface area contributed by atoms with Crippen molar-refractivity contribution in [2.75, 3.05) is 13.1 Å². The number of nitrogens with one attached hydrogen (secondary N) is 1. The van der Waals surface area contributed by atoms with Gasteiger partial charge in [0.25, 0.3) is 11.8 Å². The van der Waals surface area contributed by atoms with Crippen LogP contribution in [-0.4, -0.2) is 40.8 Å². The fourth-order valence-electron chi connectivity index (χ4n) is 2.80. The summed E-state index contributed by atoms with van der Waals surface area (Å²) in [6, 6.07) is 10.1. The van der Waals surface area contributed by atoms with Gasteiger partial charge < -0.3 is 10.2 Å². The van der Waals surface area contributed by atoms with E-state index in [0.717, 1.165) is 0 Å². The second-order valence-electron chi connectivity index (χ2n) is 5.88. The normalized spacial score (nSPS) is 15.0. The van der Waals surface area contributed by atoms with Crippen LogP contribution in [0.4, 0.5) is 0 Å². The van der Waals surface area contributed by atoms with Gasteiger partial charge in [-0.2, -0.15) is 0 Å². The SMILES string of the molecule is O=C(NC1CCN(C(=O)c2ccc(Cl)c(Cl)c2)CC1)c1ccccn1. The van der Waals surface area contributed by atoms with Gasteiger partial charge in [0.05, 0.1) is 10.0 Å². The third kappa shape index (κ3) is 4.30. The molecule has 2 heterocycles. The maximum atomic E-state index is 12.5. The van der Waals surface area contributed by atoms with E-state index in [1.165, 1.54) is 0 Å². The standard InChI is InChI=1S/C18H17Cl2N3O2/c19-14-5-4-12(11-15(14)20)18(25)23-9-6-13(7-10-23)22-17(24)16-3-1-2-8-21-16/h1-5,8,11,13H,6-7,9-10H2,(H,22,24). The van der Waals surface area contributed by atoms with Crippen LogP contribution in [0, 0.1) is 0 Å². The molecule has 7 heteroatoms. The van der Waals surface area contributed by atoms with Gasteiger partial charge in [-0.05, 0) is 43.2 Å². The first-order valence-electron chi connectivity index (χ1n) is 8.01. The molecule has 1 aliphatic heterocycles. The van der Waals surface area contributed by atoms with E-state index in [9.17, 15) is 9.59 Å². The van der Waals surface area contributed by atoms with E-state index >= 15 is 0 Å². The summed E-state index contributed by atoms with van der Waals surface area (Å²) in [4.78, 5) is 30.5. The first-order chi connectivity index (χ1) is 12.0. The number of piperidine rings is 1. The van der Waals surface area contributed by atoms with Crippen LogP contribution in [0.25, 0.3) is 0 Å². The molecule has 0 bridgehead atoms. The van der Waals surface area contributed by atoms with Gasteiger partial charge in [-0.3, -0.25) is 14.6 Å². The van der Waals surface area contributed by atoms with E-state index in [1.807, 2.05) is 0 Å². The molecule has 1 aromatic heterocycles. The zero-order chi connectivity index (χ0) is 17.8. The van der Waals surface area contributed by atoms with Crippen LogP contribution in [0.2, 0.25) is 10.0 Å². The average Bonchev–Trinajstić information content (AvgIpc) is 2.65. The van der Waals surface area contributed by atoms with Gasteiger partial charge in [-0.15, -0.1) is 0 Å². The molecular weight excluding hydrogens is 361 g/mol. The minimum absolute atomic E-state index is 0.0346. The number of pyridine rings is 1. The predicted molar refractivity (Wildman–Crippen MR) is 97.1 cm³/mol. The molecule has 1 aromatic carbocycles. The number of halogens is 2. The summed E-state index contributed by atoms with van der Waals surface area (Å²) in [5.41, 5.74) is 0.919. The smallest absolute Gasteiger partial charge is 0.270 e. The highest BCUT2D eigenvalue weighted by Crippen LogP contribution is 2.24. The van der Waals surface area contributed by atoms with Crippen LogP contribution >= 0.6 is 23.2 Å². The molecule has 0 atom stereocenters. The molecular formula is C18H17Cl2N3O2. The maximum absolute atomic E-state index is 12.5. The Kier molecular flexibility index (Phi) is 5.56. The Bertz CT molecular complexity index is 775. The molecule has 0 saturated carbocycles. The molecule has 2 aromatic rings. The van der Waals surface area contributed by atoms with Crippen molar-refractivity contribution in [2.24, 2.45) is 0 Å². The Balaban J connectivity index is 1.55. The quantitative estimate of drug-likeness (QED) is 0.890. The highest BCUT2D eigenvalue weighted by Gasteiger charge is 2.25. The topological polar surface area (TPSA) is 62.3 Å². The molecule has 1 N–H and O–H groups in total. The maximum Gasteiger partial charge on any atom is 0.270 e.